The Morgan fingerprint density at radius 3 is 2.47 bits per heavy atom. The first-order chi connectivity index (χ1) is 9.11. The van der Waals surface area contributed by atoms with Crippen LogP contribution in [0.5, 0.6) is 5.75 Å². The zero-order chi connectivity index (χ0) is 13.8. The Morgan fingerprint density at radius 2 is 1.95 bits per heavy atom. The van der Waals surface area contributed by atoms with E-state index in [9.17, 15) is 0 Å². The molecule has 0 heterocycles. The average Bonchev–Trinajstić information content (AvgIpc) is 2.39. The highest BCUT2D eigenvalue weighted by atomic mass is 16.5. The maximum absolute atomic E-state index is 5.97. The highest BCUT2D eigenvalue weighted by Gasteiger charge is 2.41. The van der Waals surface area contributed by atoms with Gasteiger partial charge in [0, 0.05) is 19.1 Å². The van der Waals surface area contributed by atoms with Gasteiger partial charge in [-0.2, -0.15) is 0 Å². The van der Waals surface area contributed by atoms with Crippen molar-refractivity contribution < 1.29 is 9.47 Å². The third-order valence-corrected chi connectivity index (χ3v) is 3.64. The minimum absolute atomic E-state index is 0.0460. The molecule has 19 heavy (non-hydrogen) atoms. The molecule has 1 aromatic carbocycles. The van der Waals surface area contributed by atoms with Crippen molar-refractivity contribution in [2.24, 2.45) is 5.73 Å². The van der Waals surface area contributed by atoms with Crippen LogP contribution >= 0.6 is 0 Å². The van der Waals surface area contributed by atoms with E-state index < -0.39 is 0 Å². The molecule has 2 rings (SSSR count). The van der Waals surface area contributed by atoms with Gasteiger partial charge in [0.2, 0.25) is 0 Å². The molecule has 1 saturated carbocycles. The summed E-state index contributed by atoms with van der Waals surface area (Å²) in [5.74, 6) is 1.46. The Balaban J connectivity index is 1.90. The lowest BCUT2D eigenvalue weighted by Crippen LogP contribution is -2.59. The van der Waals surface area contributed by atoms with E-state index in [1.54, 1.807) is 0 Å². The van der Waals surface area contributed by atoms with E-state index in [-0.39, 0.29) is 18.2 Å². The van der Waals surface area contributed by atoms with Crippen LogP contribution in [-0.4, -0.2) is 24.9 Å². The number of hydrogen-bond acceptors (Lipinski definition) is 3. The Bertz CT molecular complexity index is 388. The van der Waals surface area contributed by atoms with Gasteiger partial charge in [0.05, 0.1) is 0 Å². The summed E-state index contributed by atoms with van der Waals surface area (Å²) in [6.07, 6.45) is 2.04. The van der Waals surface area contributed by atoms with Crippen LogP contribution in [0.4, 0.5) is 0 Å². The number of rotatable bonds is 6. The van der Waals surface area contributed by atoms with Crippen molar-refractivity contribution in [3.05, 3.63) is 29.8 Å². The lowest BCUT2D eigenvalue weighted by Gasteiger charge is -2.41. The summed E-state index contributed by atoms with van der Waals surface area (Å²) >= 11 is 0. The quantitative estimate of drug-likeness (QED) is 0.857. The predicted octanol–water partition coefficient (Wildman–Crippen LogP) is 3.08. The highest BCUT2D eigenvalue weighted by molar-refractivity contribution is 5.29. The largest absolute Gasteiger partial charge is 0.488 e. The van der Waals surface area contributed by atoms with Crippen LogP contribution in [0.1, 0.15) is 45.1 Å². The fraction of sp³-hybridized carbons (Fsp3) is 0.625. The Kier molecular flexibility index (Phi) is 4.83. The van der Waals surface area contributed by atoms with Crippen LogP contribution in [0.25, 0.3) is 0 Å². The Labute approximate surface area is 116 Å². The number of benzene rings is 1. The van der Waals surface area contributed by atoms with Gasteiger partial charge in [0.1, 0.15) is 18.0 Å². The molecule has 3 unspecified atom stereocenters. The molecule has 3 nitrogen and oxygen atoms in total. The predicted molar refractivity (Wildman–Crippen MR) is 77.6 cm³/mol. The minimum atomic E-state index is 0.0460. The third kappa shape index (κ3) is 3.48. The maximum Gasteiger partial charge on any atom is 0.128 e. The molecule has 106 valence electrons. The zero-order valence-corrected chi connectivity index (χ0v) is 12.1. The molecule has 0 aromatic heterocycles. The van der Waals surface area contributed by atoms with E-state index >= 15 is 0 Å². The smallest absolute Gasteiger partial charge is 0.128 e. The molecule has 2 N–H and O–H groups in total. The SMILES string of the molecule is CCCOC1C(N)CC1Oc1ccc(C(C)C)cc1. The van der Waals surface area contributed by atoms with Crippen molar-refractivity contribution in [2.75, 3.05) is 6.61 Å². The van der Waals surface area contributed by atoms with E-state index in [1.165, 1.54) is 5.56 Å². The highest BCUT2D eigenvalue weighted by Crippen LogP contribution is 2.28. The molecule has 1 fully saturated rings. The van der Waals surface area contributed by atoms with Gasteiger partial charge in [0.15, 0.2) is 0 Å². The van der Waals surface area contributed by atoms with E-state index in [0.29, 0.717) is 5.92 Å². The average molecular weight is 263 g/mol. The second-order valence-electron chi connectivity index (χ2n) is 5.62. The number of ether oxygens (including phenoxy) is 2. The molecular formula is C16H25NO2. The molecule has 1 aliphatic carbocycles. The molecule has 0 bridgehead atoms. The molecule has 0 aliphatic heterocycles. The summed E-state index contributed by atoms with van der Waals surface area (Å²) in [5, 5.41) is 0. The van der Waals surface area contributed by atoms with Gasteiger partial charge >= 0.3 is 0 Å². The summed E-state index contributed by atoms with van der Waals surface area (Å²) in [5.41, 5.74) is 7.30. The zero-order valence-electron chi connectivity index (χ0n) is 12.1. The summed E-state index contributed by atoms with van der Waals surface area (Å²) in [7, 11) is 0. The van der Waals surface area contributed by atoms with Crippen molar-refractivity contribution in [1.29, 1.82) is 0 Å². The lowest BCUT2D eigenvalue weighted by molar-refractivity contribution is -0.0980. The van der Waals surface area contributed by atoms with Crippen molar-refractivity contribution in [3.63, 3.8) is 0 Å². The summed E-state index contributed by atoms with van der Waals surface area (Å²) in [6.45, 7) is 7.24. The molecule has 0 saturated heterocycles. The molecule has 0 spiro atoms. The van der Waals surface area contributed by atoms with Gasteiger partial charge in [0.25, 0.3) is 0 Å². The summed E-state index contributed by atoms with van der Waals surface area (Å²) in [4.78, 5) is 0. The van der Waals surface area contributed by atoms with E-state index in [2.05, 4.69) is 32.9 Å². The topological polar surface area (TPSA) is 44.5 Å². The fourth-order valence-corrected chi connectivity index (χ4v) is 2.32. The van der Waals surface area contributed by atoms with Crippen molar-refractivity contribution >= 4 is 0 Å². The van der Waals surface area contributed by atoms with Gasteiger partial charge in [-0.25, -0.2) is 0 Å². The van der Waals surface area contributed by atoms with Gasteiger partial charge in [-0.3, -0.25) is 0 Å². The third-order valence-electron chi connectivity index (χ3n) is 3.64. The molecule has 1 aromatic rings. The second-order valence-corrected chi connectivity index (χ2v) is 5.62. The monoisotopic (exact) mass is 263 g/mol. The van der Waals surface area contributed by atoms with Crippen LogP contribution in [0.2, 0.25) is 0 Å². The minimum Gasteiger partial charge on any atom is -0.488 e. The standard InChI is InChI=1S/C16H25NO2/c1-4-9-18-16-14(17)10-15(16)19-13-7-5-12(6-8-13)11(2)3/h5-8,11,14-16H,4,9-10,17H2,1-3H3. The first kappa shape index (κ1) is 14.4. The van der Waals surface area contributed by atoms with Crippen LogP contribution < -0.4 is 10.5 Å². The normalized spacial score (nSPS) is 26.3. The molecule has 3 heteroatoms. The van der Waals surface area contributed by atoms with Gasteiger partial charge in [-0.05, 0) is 30.0 Å². The van der Waals surface area contributed by atoms with Crippen LogP contribution in [-0.2, 0) is 4.74 Å². The summed E-state index contributed by atoms with van der Waals surface area (Å²) in [6, 6.07) is 8.44. The maximum atomic E-state index is 5.97. The first-order valence-corrected chi connectivity index (χ1v) is 7.25. The van der Waals surface area contributed by atoms with Crippen LogP contribution in [0.3, 0.4) is 0 Å². The lowest BCUT2D eigenvalue weighted by atomic mass is 9.86. The van der Waals surface area contributed by atoms with Gasteiger partial charge < -0.3 is 15.2 Å². The van der Waals surface area contributed by atoms with Crippen molar-refractivity contribution in [1.82, 2.24) is 0 Å². The molecule has 3 atom stereocenters. The number of hydrogen-bond donors (Lipinski definition) is 1. The van der Waals surface area contributed by atoms with E-state index in [4.69, 9.17) is 15.2 Å². The first-order valence-electron chi connectivity index (χ1n) is 7.25. The molecule has 0 radical (unpaired) electrons. The second kappa shape index (κ2) is 6.40. The van der Waals surface area contributed by atoms with Crippen molar-refractivity contribution in [2.45, 2.75) is 57.8 Å². The van der Waals surface area contributed by atoms with Crippen LogP contribution in [0, 0.1) is 0 Å². The summed E-state index contributed by atoms with van der Waals surface area (Å²) < 4.78 is 11.7. The van der Waals surface area contributed by atoms with E-state index in [0.717, 1.165) is 25.2 Å². The van der Waals surface area contributed by atoms with Crippen LogP contribution in [0.15, 0.2) is 24.3 Å². The Morgan fingerprint density at radius 1 is 1.26 bits per heavy atom. The van der Waals surface area contributed by atoms with Crippen molar-refractivity contribution in [3.8, 4) is 5.75 Å². The molecule has 0 amide bonds. The number of nitrogens with two attached hydrogens (primary N) is 1. The molecular weight excluding hydrogens is 238 g/mol. The van der Waals surface area contributed by atoms with E-state index in [1.807, 2.05) is 12.1 Å². The molecule has 1 aliphatic rings. The van der Waals surface area contributed by atoms with Gasteiger partial charge in [-0.15, -0.1) is 0 Å². The Hall–Kier alpha value is -1.06. The fourth-order valence-electron chi connectivity index (χ4n) is 2.32. The van der Waals surface area contributed by atoms with Gasteiger partial charge in [-0.1, -0.05) is 32.9 Å².